The van der Waals surface area contributed by atoms with E-state index in [0.717, 1.165) is 32.5 Å². The highest BCUT2D eigenvalue weighted by atomic mass is 16.5. The molecule has 0 spiro atoms. The molecule has 14 heavy (non-hydrogen) atoms. The summed E-state index contributed by atoms with van der Waals surface area (Å²) in [5, 5.41) is 0. The molecule has 1 rings (SSSR count). The van der Waals surface area contributed by atoms with Gasteiger partial charge in [0, 0.05) is 18.7 Å². The molecule has 3 nitrogen and oxygen atoms in total. The van der Waals surface area contributed by atoms with E-state index in [4.69, 9.17) is 10.5 Å². The molecular weight excluding hydrogens is 176 g/mol. The first kappa shape index (κ1) is 12.0. The average Bonchev–Trinajstić information content (AvgIpc) is 2.18. The Bertz CT molecular complexity index is 175. The fraction of sp³-hybridized carbons (Fsp3) is 1.00. The number of hydrogen-bond acceptors (Lipinski definition) is 3. The minimum Gasteiger partial charge on any atom is -0.378 e. The molecule has 0 aromatic heterocycles. The van der Waals surface area contributed by atoms with Crippen molar-refractivity contribution in [2.75, 3.05) is 26.7 Å². The van der Waals surface area contributed by atoms with Crippen LogP contribution < -0.4 is 5.73 Å². The molecule has 0 aliphatic carbocycles. The van der Waals surface area contributed by atoms with Crippen LogP contribution in [0.3, 0.4) is 0 Å². The lowest BCUT2D eigenvalue weighted by Crippen LogP contribution is -2.56. The fourth-order valence-electron chi connectivity index (χ4n) is 2.41. The standard InChI is InChI=1S/C11H24N2O/c1-4-6-13(3)11(9-12)5-7-14-10(2)8-11/h10H,4-9,12H2,1-3H3. The van der Waals surface area contributed by atoms with Crippen molar-refractivity contribution in [3.8, 4) is 0 Å². The van der Waals surface area contributed by atoms with Crippen molar-refractivity contribution in [1.29, 1.82) is 0 Å². The van der Waals surface area contributed by atoms with Gasteiger partial charge in [-0.05, 0) is 39.8 Å². The summed E-state index contributed by atoms with van der Waals surface area (Å²) in [5.41, 5.74) is 6.12. The van der Waals surface area contributed by atoms with E-state index in [1.54, 1.807) is 0 Å². The first-order valence-corrected chi connectivity index (χ1v) is 5.67. The Balaban J connectivity index is 2.63. The summed E-state index contributed by atoms with van der Waals surface area (Å²) < 4.78 is 5.58. The lowest BCUT2D eigenvalue weighted by Gasteiger charge is -2.45. The molecule has 2 atom stereocenters. The number of ether oxygens (including phenoxy) is 1. The number of hydrogen-bond donors (Lipinski definition) is 1. The minimum absolute atomic E-state index is 0.188. The van der Waals surface area contributed by atoms with E-state index in [0.29, 0.717) is 6.10 Å². The molecule has 2 N–H and O–H groups in total. The van der Waals surface area contributed by atoms with Crippen LogP contribution in [0.25, 0.3) is 0 Å². The SMILES string of the molecule is CCCN(C)C1(CN)CCOC(C)C1. The van der Waals surface area contributed by atoms with Crippen molar-refractivity contribution in [1.82, 2.24) is 4.90 Å². The van der Waals surface area contributed by atoms with Crippen LogP contribution in [0.1, 0.15) is 33.1 Å². The Morgan fingerprint density at radius 2 is 2.29 bits per heavy atom. The zero-order chi connectivity index (χ0) is 10.6. The van der Waals surface area contributed by atoms with E-state index in [-0.39, 0.29) is 5.54 Å². The van der Waals surface area contributed by atoms with Gasteiger partial charge in [0.1, 0.15) is 0 Å². The molecule has 1 aliphatic heterocycles. The van der Waals surface area contributed by atoms with E-state index in [1.165, 1.54) is 6.42 Å². The zero-order valence-electron chi connectivity index (χ0n) is 9.75. The second-order valence-corrected chi connectivity index (χ2v) is 4.49. The largest absolute Gasteiger partial charge is 0.378 e. The van der Waals surface area contributed by atoms with Gasteiger partial charge in [-0.25, -0.2) is 0 Å². The van der Waals surface area contributed by atoms with Crippen LogP contribution in [0.5, 0.6) is 0 Å². The molecule has 1 heterocycles. The molecule has 1 saturated heterocycles. The molecule has 0 aromatic carbocycles. The van der Waals surface area contributed by atoms with Crippen molar-refractivity contribution >= 4 is 0 Å². The summed E-state index contributed by atoms with van der Waals surface area (Å²) in [6.07, 6.45) is 3.68. The van der Waals surface area contributed by atoms with Crippen molar-refractivity contribution in [2.24, 2.45) is 5.73 Å². The van der Waals surface area contributed by atoms with Gasteiger partial charge < -0.3 is 10.5 Å². The van der Waals surface area contributed by atoms with Crippen molar-refractivity contribution in [3.05, 3.63) is 0 Å². The van der Waals surface area contributed by atoms with Gasteiger partial charge in [-0.3, -0.25) is 4.90 Å². The Labute approximate surface area is 87.6 Å². The zero-order valence-corrected chi connectivity index (χ0v) is 9.75. The lowest BCUT2D eigenvalue weighted by molar-refractivity contribution is -0.0558. The van der Waals surface area contributed by atoms with E-state index in [1.807, 2.05) is 0 Å². The molecule has 84 valence electrons. The average molecular weight is 200 g/mol. The van der Waals surface area contributed by atoms with Crippen LogP contribution in [0.4, 0.5) is 0 Å². The van der Waals surface area contributed by atoms with Gasteiger partial charge in [0.05, 0.1) is 6.10 Å². The molecule has 0 amide bonds. The third-order valence-electron chi connectivity index (χ3n) is 3.39. The van der Waals surface area contributed by atoms with Gasteiger partial charge in [0.25, 0.3) is 0 Å². The highest BCUT2D eigenvalue weighted by molar-refractivity contribution is 4.94. The monoisotopic (exact) mass is 200 g/mol. The third-order valence-corrected chi connectivity index (χ3v) is 3.39. The molecular formula is C11H24N2O. The summed E-state index contributed by atoms with van der Waals surface area (Å²) >= 11 is 0. The first-order chi connectivity index (χ1) is 6.64. The van der Waals surface area contributed by atoms with E-state index < -0.39 is 0 Å². The van der Waals surface area contributed by atoms with Gasteiger partial charge in [0.15, 0.2) is 0 Å². The molecule has 0 radical (unpaired) electrons. The van der Waals surface area contributed by atoms with Gasteiger partial charge in [0.2, 0.25) is 0 Å². The summed E-state index contributed by atoms with van der Waals surface area (Å²) in [7, 11) is 2.19. The van der Waals surface area contributed by atoms with Crippen LogP contribution in [0.15, 0.2) is 0 Å². The molecule has 0 saturated carbocycles. The van der Waals surface area contributed by atoms with Crippen molar-refractivity contribution in [3.63, 3.8) is 0 Å². The van der Waals surface area contributed by atoms with Gasteiger partial charge >= 0.3 is 0 Å². The Morgan fingerprint density at radius 3 is 2.79 bits per heavy atom. The quantitative estimate of drug-likeness (QED) is 0.741. The Kier molecular flexibility index (Phi) is 4.35. The molecule has 1 fully saturated rings. The second-order valence-electron chi connectivity index (χ2n) is 4.49. The van der Waals surface area contributed by atoms with Crippen molar-refractivity contribution in [2.45, 2.75) is 44.8 Å². The summed E-state index contributed by atoms with van der Waals surface area (Å²) in [5.74, 6) is 0. The van der Waals surface area contributed by atoms with Crippen molar-refractivity contribution < 1.29 is 4.74 Å². The van der Waals surface area contributed by atoms with E-state index in [2.05, 4.69) is 25.8 Å². The highest BCUT2D eigenvalue weighted by Gasteiger charge is 2.37. The lowest BCUT2D eigenvalue weighted by atomic mass is 9.85. The molecule has 1 aliphatic rings. The minimum atomic E-state index is 0.188. The first-order valence-electron chi connectivity index (χ1n) is 5.67. The van der Waals surface area contributed by atoms with Gasteiger partial charge in [-0.1, -0.05) is 6.92 Å². The number of likely N-dealkylation sites (N-methyl/N-ethyl adjacent to an activating group) is 1. The highest BCUT2D eigenvalue weighted by Crippen LogP contribution is 2.29. The molecule has 0 bridgehead atoms. The smallest absolute Gasteiger partial charge is 0.0565 e. The maximum absolute atomic E-state index is 5.93. The normalized spacial score (nSPS) is 33.6. The maximum Gasteiger partial charge on any atom is 0.0565 e. The van der Waals surface area contributed by atoms with Crippen LogP contribution in [0.2, 0.25) is 0 Å². The molecule has 2 unspecified atom stereocenters. The van der Waals surface area contributed by atoms with E-state index in [9.17, 15) is 0 Å². The van der Waals surface area contributed by atoms with Crippen LogP contribution in [-0.2, 0) is 4.74 Å². The topological polar surface area (TPSA) is 38.5 Å². The summed E-state index contributed by atoms with van der Waals surface area (Å²) in [6.45, 7) is 7.08. The summed E-state index contributed by atoms with van der Waals surface area (Å²) in [4.78, 5) is 2.42. The number of rotatable bonds is 4. The Hall–Kier alpha value is -0.120. The van der Waals surface area contributed by atoms with Gasteiger partial charge in [-0.15, -0.1) is 0 Å². The number of nitrogens with two attached hydrogens (primary N) is 1. The van der Waals surface area contributed by atoms with Gasteiger partial charge in [-0.2, -0.15) is 0 Å². The predicted octanol–water partition coefficient (Wildman–Crippen LogP) is 1.22. The van der Waals surface area contributed by atoms with Crippen LogP contribution in [0, 0.1) is 0 Å². The predicted molar refractivity (Wildman–Crippen MR) is 59.4 cm³/mol. The fourth-order valence-corrected chi connectivity index (χ4v) is 2.41. The molecule has 3 heteroatoms. The number of nitrogens with zero attached hydrogens (tertiary/aromatic N) is 1. The van der Waals surface area contributed by atoms with E-state index >= 15 is 0 Å². The van der Waals surface area contributed by atoms with Crippen LogP contribution >= 0.6 is 0 Å². The maximum atomic E-state index is 5.93. The van der Waals surface area contributed by atoms with Crippen LogP contribution in [-0.4, -0.2) is 43.3 Å². The second kappa shape index (κ2) is 5.10. The summed E-state index contributed by atoms with van der Waals surface area (Å²) in [6, 6.07) is 0. The Morgan fingerprint density at radius 1 is 1.57 bits per heavy atom. The molecule has 0 aromatic rings. The third kappa shape index (κ3) is 2.47.